The van der Waals surface area contributed by atoms with Gasteiger partial charge >= 0.3 is 0 Å². The van der Waals surface area contributed by atoms with Gasteiger partial charge in [-0.15, -0.1) is 0 Å². The van der Waals surface area contributed by atoms with Gasteiger partial charge in [-0.05, 0) is 93.7 Å². The average molecular weight is 405 g/mol. The topological polar surface area (TPSA) is 18.5 Å². The van der Waals surface area contributed by atoms with Gasteiger partial charge in [-0.1, -0.05) is 18.2 Å². The van der Waals surface area contributed by atoms with E-state index in [4.69, 9.17) is 9.47 Å². The van der Waals surface area contributed by atoms with E-state index in [1.165, 1.54) is 50.7 Å². The highest BCUT2D eigenvalue weighted by molar-refractivity contribution is 5.22. The summed E-state index contributed by atoms with van der Waals surface area (Å²) in [5, 5.41) is 0. The monoisotopic (exact) mass is 404 g/mol. The van der Waals surface area contributed by atoms with Gasteiger partial charge in [-0.25, -0.2) is 8.78 Å². The fourth-order valence-electron chi connectivity index (χ4n) is 5.77. The van der Waals surface area contributed by atoms with E-state index in [1.54, 1.807) is 6.07 Å². The molecular formula is C25H34F2O2. The molecule has 0 atom stereocenters. The van der Waals surface area contributed by atoms with Crippen molar-refractivity contribution in [3.8, 4) is 0 Å². The van der Waals surface area contributed by atoms with Gasteiger partial charge in [0, 0.05) is 11.8 Å². The largest absolute Gasteiger partial charge is 0.352 e. The molecule has 0 unspecified atom stereocenters. The predicted molar refractivity (Wildman–Crippen MR) is 111 cm³/mol. The first-order chi connectivity index (χ1) is 14.1. The van der Waals surface area contributed by atoms with Crippen LogP contribution in [0, 0.1) is 35.3 Å². The van der Waals surface area contributed by atoms with E-state index in [9.17, 15) is 8.78 Å². The van der Waals surface area contributed by atoms with Crippen LogP contribution in [0.1, 0.15) is 69.8 Å². The van der Waals surface area contributed by atoms with E-state index >= 15 is 0 Å². The number of hydrogen-bond donors (Lipinski definition) is 0. The first-order valence-corrected chi connectivity index (χ1v) is 11.4. The van der Waals surface area contributed by atoms with Crippen molar-refractivity contribution in [1.29, 1.82) is 0 Å². The second-order valence-electron chi connectivity index (χ2n) is 9.28. The first-order valence-electron chi connectivity index (χ1n) is 11.4. The molecule has 4 rings (SSSR count). The molecule has 0 amide bonds. The molecule has 29 heavy (non-hydrogen) atoms. The third-order valence-electron chi connectivity index (χ3n) is 7.47. The minimum Gasteiger partial charge on any atom is -0.352 e. The molecule has 0 radical (unpaired) electrons. The molecule has 0 aromatic heterocycles. The summed E-state index contributed by atoms with van der Waals surface area (Å²) < 4.78 is 38.8. The summed E-state index contributed by atoms with van der Waals surface area (Å²) in [6.07, 6.45) is 13.8. The summed E-state index contributed by atoms with van der Waals surface area (Å²) in [7, 11) is 0. The third kappa shape index (κ3) is 5.08. The molecule has 1 saturated heterocycles. The SMILES string of the molecule is C/C=C/[C@H]1CO[C@H]([C@H]2CC[C@H]([C@H]3CC[C@H](c4ccc(F)c(F)c4)CC3)CC2)OC1. The van der Waals surface area contributed by atoms with Crippen LogP contribution in [0.15, 0.2) is 30.4 Å². The van der Waals surface area contributed by atoms with Gasteiger partial charge in [0.1, 0.15) is 0 Å². The van der Waals surface area contributed by atoms with Crippen LogP contribution in [0.25, 0.3) is 0 Å². The van der Waals surface area contributed by atoms with Crippen molar-refractivity contribution in [2.24, 2.45) is 23.7 Å². The Morgan fingerprint density at radius 2 is 1.38 bits per heavy atom. The molecule has 2 aliphatic carbocycles. The summed E-state index contributed by atoms with van der Waals surface area (Å²) in [5.74, 6) is 1.44. The molecule has 0 N–H and O–H groups in total. The maximum absolute atomic E-state index is 13.6. The third-order valence-corrected chi connectivity index (χ3v) is 7.47. The molecule has 2 saturated carbocycles. The van der Waals surface area contributed by atoms with Crippen LogP contribution in [-0.2, 0) is 9.47 Å². The molecule has 1 heterocycles. The maximum atomic E-state index is 13.6. The lowest BCUT2D eigenvalue weighted by atomic mass is 9.68. The van der Waals surface area contributed by atoms with Crippen molar-refractivity contribution in [2.45, 2.75) is 70.5 Å². The number of benzene rings is 1. The molecule has 3 aliphatic rings. The zero-order valence-electron chi connectivity index (χ0n) is 17.5. The van der Waals surface area contributed by atoms with Gasteiger partial charge in [-0.3, -0.25) is 0 Å². The average Bonchev–Trinajstić information content (AvgIpc) is 2.77. The normalized spacial score (nSPS) is 36.4. The highest BCUT2D eigenvalue weighted by Crippen LogP contribution is 2.45. The second kappa shape index (κ2) is 9.70. The Kier molecular flexibility index (Phi) is 7.02. The van der Waals surface area contributed by atoms with Crippen LogP contribution in [0.3, 0.4) is 0 Å². The van der Waals surface area contributed by atoms with Crippen LogP contribution in [-0.4, -0.2) is 19.5 Å². The summed E-state index contributed by atoms with van der Waals surface area (Å²) in [6.45, 7) is 3.60. The fourth-order valence-corrected chi connectivity index (χ4v) is 5.77. The van der Waals surface area contributed by atoms with Gasteiger partial charge in [0.2, 0.25) is 0 Å². The quantitative estimate of drug-likeness (QED) is 0.526. The van der Waals surface area contributed by atoms with Gasteiger partial charge in [0.25, 0.3) is 0 Å². The predicted octanol–water partition coefficient (Wildman–Crippen LogP) is 6.61. The van der Waals surface area contributed by atoms with Gasteiger partial charge in [0.05, 0.1) is 13.2 Å². The standard InChI is InChI=1S/C25H34F2O2/c1-2-3-17-15-28-25(29-16-17)21-10-8-19(9-11-21)18-4-6-20(7-5-18)22-12-13-23(26)24(27)14-22/h2-3,12-14,17-21,25H,4-11,15-16H2,1H3/b3-2+/t17-,18-,19-,20-,21-,25-. The Morgan fingerprint density at radius 3 is 1.97 bits per heavy atom. The molecule has 1 aliphatic heterocycles. The van der Waals surface area contributed by atoms with Crippen molar-refractivity contribution < 1.29 is 18.3 Å². The number of rotatable bonds is 4. The van der Waals surface area contributed by atoms with Crippen LogP contribution in [0.5, 0.6) is 0 Å². The van der Waals surface area contributed by atoms with E-state index in [1.807, 2.05) is 6.92 Å². The Balaban J connectivity index is 1.21. The minimum atomic E-state index is -0.748. The van der Waals surface area contributed by atoms with Gasteiger partial charge in [-0.2, -0.15) is 0 Å². The molecule has 0 spiro atoms. The second-order valence-corrected chi connectivity index (χ2v) is 9.28. The molecule has 160 valence electrons. The summed E-state index contributed by atoms with van der Waals surface area (Å²) >= 11 is 0. The Labute approximate surface area is 173 Å². The van der Waals surface area contributed by atoms with Crippen molar-refractivity contribution in [3.63, 3.8) is 0 Å². The summed E-state index contributed by atoms with van der Waals surface area (Å²) in [5.41, 5.74) is 0.967. The van der Waals surface area contributed by atoms with Crippen LogP contribution < -0.4 is 0 Å². The Hall–Kier alpha value is -1.26. The zero-order chi connectivity index (χ0) is 20.2. The van der Waals surface area contributed by atoms with Crippen LogP contribution in [0.2, 0.25) is 0 Å². The first kappa shape index (κ1) is 21.0. The van der Waals surface area contributed by atoms with E-state index in [0.717, 1.165) is 43.5 Å². The molecular weight excluding hydrogens is 370 g/mol. The van der Waals surface area contributed by atoms with Gasteiger partial charge < -0.3 is 9.47 Å². The lowest BCUT2D eigenvalue weighted by Gasteiger charge is -2.41. The highest BCUT2D eigenvalue weighted by Gasteiger charge is 2.35. The summed E-state index contributed by atoms with van der Waals surface area (Å²) in [4.78, 5) is 0. The zero-order valence-corrected chi connectivity index (χ0v) is 17.5. The molecule has 1 aromatic rings. The molecule has 4 heteroatoms. The van der Waals surface area contributed by atoms with E-state index in [2.05, 4.69) is 12.2 Å². The van der Waals surface area contributed by atoms with E-state index < -0.39 is 11.6 Å². The van der Waals surface area contributed by atoms with Crippen LogP contribution >= 0.6 is 0 Å². The Morgan fingerprint density at radius 1 is 0.793 bits per heavy atom. The van der Waals surface area contributed by atoms with E-state index in [0.29, 0.717) is 17.8 Å². The summed E-state index contributed by atoms with van der Waals surface area (Å²) in [6, 6.07) is 4.43. The van der Waals surface area contributed by atoms with E-state index in [-0.39, 0.29) is 6.29 Å². The fraction of sp³-hybridized carbons (Fsp3) is 0.680. The lowest BCUT2D eigenvalue weighted by molar-refractivity contribution is -0.223. The van der Waals surface area contributed by atoms with Crippen molar-refractivity contribution in [2.75, 3.05) is 13.2 Å². The number of allylic oxidation sites excluding steroid dienone is 1. The number of hydrogen-bond acceptors (Lipinski definition) is 2. The number of halogens is 2. The lowest BCUT2D eigenvalue weighted by Crippen LogP contribution is -2.38. The molecule has 3 fully saturated rings. The van der Waals surface area contributed by atoms with Gasteiger partial charge in [0.15, 0.2) is 17.9 Å². The smallest absolute Gasteiger partial charge is 0.160 e. The number of ether oxygens (including phenoxy) is 2. The van der Waals surface area contributed by atoms with Crippen molar-refractivity contribution in [3.05, 3.63) is 47.5 Å². The van der Waals surface area contributed by atoms with Crippen LogP contribution in [0.4, 0.5) is 8.78 Å². The van der Waals surface area contributed by atoms with Crippen molar-refractivity contribution >= 4 is 0 Å². The Bertz CT molecular complexity index is 680. The minimum absolute atomic E-state index is 0.0124. The molecule has 2 nitrogen and oxygen atoms in total. The van der Waals surface area contributed by atoms with Crippen molar-refractivity contribution in [1.82, 2.24) is 0 Å². The highest BCUT2D eigenvalue weighted by atomic mass is 19.2. The maximum Gasteiger partial charge on any atom is 0.160 e. The molecule has 0 bridgehead atoms. The molecule has 1 aromatic carbocycles.